The Kier molecular flexibility index (Phi) is 6.10. The molecular weight excluding hydrogens is 362 g/mol. The zero-order valence-electron chi connectivity index (χ0n) is 15.7. The van der Waals surface area contributed by atoms with E-state index in [-0.39, 0.29) is 32.1 Å². The Morgan fingerprint density at radius 3 is 2.50 bits per heavy atom. The van der Waals surface area contributed by atoms with Gasteiger partial charge in [-0.1, -0.05) is 12.1 Å². The van der Waals surface area contributed by atoms with Crippen molar-refractivity contribution in [2.24, 2.45) is 0 Å². The van der Waals surface area contributed by atoms with Crippen molar-refractivity contribution in [2.75, 3.05) is 0 Å². The van der Waals surface area contributed by atoms with Crippen molar-refractivity contribution < 1.29 is 30.0 Å². The molecule has 0 spiro atoms. The largest absolute Gasteiger partial charge is 0.392 e. The molecule has 3 rings (SSSR count). The average molecular weight is 387 g/mol. The average Bonchev–Trinajstić information content (AvgIpc) is 2.90. The number of nitrogens with one attached hydrogen (secondary N) is 1. The van der Waals surface area contributed by atoms with Crippen molar-refractivity contribution in [2.45, 2.75) is 58.2 Å². The normalized spacial score (nSPS) is 21.7. The van der Waals surface area contributed by atoms with E-state index in [1.807, 2.05) is 0 Å². The zero-order chi connectivity index (χ0) is 20.4. The summed E-state index contributed by atoms with van der Waals surface area (Å²) in [5.74, 6) is -0.664. The number of carbonyl (C=O) groups excluding carboxylic acids is 2. The van der Waals surface area contributed by atoms with Gasteiger partial charge in [-0.2, -0.15) is 0 Å². The number of carbonyl (C=O) groups is 2. The van der Waals surface area contributed by atoms with Crippen LogP contribution in [0.5, 0.6) is 0 Å². The van der Waals surface area contributed by atoms with E-state index in [2.05, 4.69) is 5.32 Å². The van der Waals surface area contributed by atoms with E-state index in [1.54, 1.807) is 12.1 Å². The summed E-state index contributed by atoms with van der Waals surface area (Å²) in [5, 5.41) is 42.5. The maximum atomic E-state index is 12.3. The minimum Gasteiger partial charge on any atom is -0.392 e. The van der Waals surface area contributed by atoms with Gasteiger partial charge in [0, 0.05) is 6.92 Å². The first-order valence-electron chi connectivity index (χ1n) is 9.31. The number of amides is 1. The first-order valence-corrected chi connectivity index (χ1v) is 9.31. The molecule has 5 N–H and O–H groups in total. The second-order valence-electron chi connectivity index (χ2n) is 7.16. The van der Waals surface area contributed by atoms with Crippen molar-refractivity contribution in [1.82, 2.24) is 5.32 Å². The predicted octanol–water partition coefficient (Wildman–Crippen LogP) is 0.258. The van der Waals surface area contributed by atoms with E-state index >= 15 is 0 Å². The van der Waals surface area contributed by atoms with Gasteiger partial charge in [0.15, 0.2) is 5.78 Å². The van der Waals surface area contributed by atoms with E-state index in [0.717, 1.165) is 5.56 Å². The lowest BCUT2D eigenvalue weighted by molar-refractivity contribution is -0.122. The molecule has 2 aliphatic rings. The highest BCUT2D eigenvalue weighted by Crippen LogP contribution is 2.40. The lowest BCUT2D eigenvalue weighted by atomic mass is 9.85. The Morgan fingerprint density at radius 2 is 1.89 bits per heavy atom. The van der Waals surface area contributed by atoms with E-state index in [9.17, 15) is 30.0 Å². The number of benzene rings is 1. The molecule has 0 saturated carbocycles. The molecule has 0 fully saturated rings. The number of fused-ring (bicyclic) bond motifs is 3. The molecule has 0 heterocycles. The summed E-state index contributed by atoms with van der Waals surface area (Å²) in [7, 11) is 0. The number of rotatable bonds is 4. The number of hydrogen-bond acceptors (Lipinski definition) is 6. The fourth-order valence-corrected chi connectivity index (χ4v) is 4.13. The molecule has 0 saturated heterocycles. The van der Waals surface area contributed by atoms with Gasteiger partial charge in [0.1, 0.15) is 6.10 Å². The SMILES string of the molecule is CC(=O)N[C@H]1CCc2cc(CO)c(CO)c(CO)c2C2=CC[C@H](O)C(=O)C=C21. The molecule has 150 valence electrons. The number of aliphatic hydroxyl groups is 4. The molecule has 0 aliphatic heterocycles. The molecule has 1 aromatic carbocycles. The van der Waals surface area contributed by atoms with Crippen LogP contribution in [0.15, 0.2) is 23.8 Å². The van der Waals surface area contributed by atoms with Crippen LogP contribution < -0.4 is 5.32 Å². The molecule has 2 atom stereocenters. The Balaban J connectivity index is 2.29. The third-order valence-electron chi connectivity index (χ3n) is 5.42. The molecule has 7 nitrogen and oxygen atoms in total. The summed E-state index contributed by atoms with van der Waals surface area (Å²) in [6.07, 6.45) is 3.14. The molecule has 0 radical (unpaired) electrons. The quantitative estimate of drug-likeness (QED) is 0.504. The first kappa shape index (κ1) is 20.4. The molecule has 0 unspecified atom stereocenters. The van der Waals surface area contributed by atoms with Crippen molar-refractivity contribution in [3.8, 4) is 0 Å². The van der Waals surface area contributed by atoms with Crippen LogP contribution in [0.4, 0.5) is 0 Å². The number of hydrogen-bond donors (Lipinski definition) is 5. The third kappa shape index (κ3) is 3.66. The highest BCUT2D eigenvalue weighted by molar-refractivity contribution is 6.01. The molecule has 0 bridgehead atoms. The van der Waals surface area contributed by atoms with Gasteiger partial charge in [0.25, 0.3) is 0 Å². The summed E-state index contributed by atoms with van der Waals surface area (Å²) in [6.45, 7) is 0.437. The van der Waals surface area contributed by atoms with Gasteiger partial charge in [-0.05, 0) is 64.3 Å². The van der Waals surface area contributed by atoms with Crippen LogP contribution in [0, 0.1) is 0 Å². The van der Waals surface area contributed by atoms with Crippen molar-refractivity contribution in [3.05, 3.63) is 51.6 Å². The maximum Gasteiger partial charge on any atom is 0.217 e. The lowest BCUT2D eigenvalue weighted by Crippen LogP contribution is -2.35. The summed E-state index contributed by atoms with van der Waals surface area (Å²) in [4.78, 5) is 24.0. The van der Waals surface area contributed by atoms with Gasteiger partial charge in [-0.3, -0.25) is 9.59 Å². The van der Waals surface area contributed by atoms with Gasteiger partial charge in [0.05, 0.1) is 25.9 Å². The van der Waals surface area contributed by atoms with E-state index in [1.165, 1.54) is 13.0 Å². The minimum atomic E-state index is -1.17. The second kappa shape index (κ2) is 8.36. The number of ketones is 1. The van der Waals surface area contributed by atoms with Gasteiger partial charge in [0.2, 0.25) is 5.91 Å². The van der Waals surface area contributed by atoms with Crippen LogP contribution in [0.3, 0.4) is 0 Å². The van der Waals surface area contributed by atoms with Crippen LogP contribution in [-0.2, 0) is 35.8 Å². The predicted molar refractivity (Wildman–Crippen MR) is 102 cm³/mol. The van der Waals surface area contributed by atoms with Crippen molar-refractivity contribution in [3.63, 3.8) is 0 Å². The lowest BCUT2D eigenvalue weighted by Gasteiger charge is -2.23. The van der Waals surface area contributed by atoms with E-state index < -0.39 is 17.9 Å². The van der Waals surface area contributed by atoms with Crippen LogP contribution >= 0.6 is 0 Å². The standard InChI is InChI=1S/C21H25NO6/c1-11(26)22-18-4-2-12-6-13(8-23)16(9-24)17(10-25)21(12)14-3-5-19(27)20(28)7-15(14)18/h3,6-7,18-19,23-25,27H,2,4-5,8-10H2,1H3,(H,22,26)/t18-,19-/m0/s1. The molecule has 28 heavy (non-hydrogen) atoms. The first-order chi connectivity index (χ1) is 13.4. The van der Waals surface area contributed by atoms with Crippen molar-refractivity contribution >= 4 is 17.3 Å². The zero-order valence-corrected chi connectivity index (χ0v) is 15.7. The minimum absolute atomic E-state index is 0.113. The summed E-state index contributed by atoms with van der Waals surface area (Å²) < 4.78 is 0. The van der Waals surface area contributed by atoms with Crippen LogP contribution in [0.1, 0.15) is 47.6 Å². The van der Waals surface area contributed by atoms with Crippen LogP contribution in [-0.4, -0.2) is 44.3 Å². The number of aryl methyl sites for hydroxylation is 1. The van der Waals surface area contributed by atoms with Crippen molar-refractivity contribution in [1.29, 1.82) is 0 Å². The Bertz CT molecular complexity index is 870. The maximum absolute atomic E-state index is 12.3. The van der Waals surface area contributed by atoms with Crippen LogP contribution in [0.2, 0.25) is 0 Å². The summed E-state index contributed by atoms with van der Waals surface area (Å²) in [5.41, 5.74) is 4.31. The molecule has 2 aliphatic carbocycles. The smallest absolute Gasteiger partial charge is 0.217 e. The number of aliphatic hydroxyl groups excluding tert-OH is 4. The van der Waals surface area contributed by atoms with Gasteiger partial charge >= 0.3 is 0 Å². The van der Waals surface area contributed by atoms with Crippen LogP contribution in [0.25, 0.3) is 5.57 Å². The monoisotopic (exact) mass is 387 g/mol. The molecule has 7 heteroatoms. The Morgan fingerprint density at radius 1 is 1.18 bits per heavy atom. The Labute approximate surface area is 163 Å². The summed E-state index contributed by atoms with van der Waals surface area (Å²) in [6, 6.07) is 1.38. The van der Waals surface area contributed by atoms with E-state index in [4.69, 9.17) is 0 Å². The molecule has 1 aromatic rings. The van der Waals surface area contributed by atoms with Gasteiger partial charge in [-0.25, -0.2) is 0 Å². The van der Waals surface area contributed by atoms with E-state index in [0.29, 0.717) is 46.2 Å². The fourth-order valence-electron chi connectivity index (χ4n) is 4.13. The van der Waals surface area contributed by atoms with Gasteiger partial charge in [-0.15, -0.1) is 0 Å². The Hall–Kier alpha value is -2.32. The third-order valence-corrected chi connectivity index (χ3v) is 5.42. The molecular formula is C21H25NO6. The van der Waals surface area contributed by atoms with Gasteiger partial charge < -0.3 is 25.7 Å². The summed E-state index contributed by atoms with van der Waals surface area (Å²) >= 11 is 0. The highest BCUT2D eigenvalue weighted by Gasteiger charge is 2.32. The molecule has 1 amide bonds. The molecule has 0 aromatic heterocycles. The highest BCUT2D eigenvalue weighted by atomic mass is 16.3. The fraction of sp³-hybridized carbons (Fsp3) is 0.429. The second-order valence-corrected chi connectivity index (χ2v) is 7.16. The topological polar surface area (TPSA) is 127 Å².